The highest BCUT2D eigenvalue weighted by Gasteiger charge is 2.39. The lowest BCUT2D eigenvalue weighted by Crippen LogP contribution is -2.25. The van der Waals surface area contributed by atoms with Gasteiger partial charge in [0.2, 0.25) is 0 Å². The third-order valence-corrected chi connectivity index (χ3v) is 4.57. The molecule has 0 radical (unpaired) electrons. The van der Waals surface area contributed by atoms with Crippen molar-refractivity contribution in [2.75, 3.05) is 0 Å². The number of benzene rings is 1. The van der Waals surface area contributed by atoms with E-state index < -0.39 is 7.82 Å². The maximum atomic E-state index is 12.3. The second-order valence-corrected chi connectivity index (χ2v) is 6.52. The Balaban J connectivity index is 2.19. The van der Waals surface area contributed by atoms with Crippen LogP contribution in [0.2, 0.25) is 10.0 Å². The Morgan fingerprint density at radius 3 is 2.44 bits per heavy atom. The average molecular weight is 311 g/mol. The molecule has 7 heteroatoms. The highest BCUT2D eigenvalue weighted by molar-refractivity contribution is 7.49. The lowest BCUT2D eigenvalue weighted by Gasteiger charge is -2.30. The second-order valence-electron chi connectivity index (χ2n) is 4.18. The van der Waals surface area contributed by atoms with Crippen LogP contribution in [0.4, 0.5) is 0 Å². The molecule has 1 aromatic rings. The third kappa shape index (κ3) is 3.40. The molecule has 100 valence electrons. The topological polar surface area (TPSA) is 44.8 Å². The molecule has 0 aromatic heterocycles. The summed E-state index contributed by atoms with van der Waals surface area (Å²) in [5, 5.41) is 0.730. The van der Waals surface area contributed by atoms with Crippen LogP contribution in [0.25, 0.3) is 0 Å². The summed E-state index contributed by atoms with van der Waals surface area (Å²) in [5.41, 5.74) is 0. The van der Waals surface area contributed by atoms with E-state index in [1.54, 1.807) is 6.07 Å². The van der Waals surface area contributed by atoms with Crippen LogP contribution in [-0.2, 0) is 13.6 Å². The van der Waals surface area contributed by atoms with E-state index in [0.717, 1.165) is 0 Å². The van der Waals surface area contributed by atoms with Gasteiger partial charge in [-0.25, -0.2) is 4.57 Å². The lowest BCUT2D eigenvalue weighted by molar-refractivity contribution is 0.0217. The van der Waals surface area contributed by atoms with Gasteiger partial charge in [0.05, 0.1) is 17.2 Å². The Morgan fingerprint density at radius 1 is 1.28 bits per heavy atom. The monoisotopic (exact) mass is 310 g/mol. The molecule has 0 bridgehead atoms. The quantitative estimate of drug-likeness (QED) is 0.743. The molecule has 4 nitrogen and oxygen atoms in total. The van der Waals surface area contributed by atoms with Gasteiger partial charge in [-0.15, -0.1) is 0 Å². The molecule has 1 aliphatic rings. The minimum Gasteiger partial charge on any atom is -0.402 e. The van der Waals surface area contributed by atoms with Crippen molar-refractivity contribution in [3.63, 3.8) is 0 Å². The predicted molar refractivity (Wildman–Crippen MR) is 70.4 cm³/mol. The Hall–Kier alpha value is -0.250. The number of hydrogen-bond donors (Lipinski definition) is 0. The molecular weight excluding hydrogens is 298 g/mol. The van der Waals surface area contributed by atoms with Crippen LogP contribution < -0.4 is 4.52 Å². The molecular formula is C11H13Cl2O4P. The molecule has 2 atom stereocenters. The summed E-state index contributed by atoms with van der Waals surface area (Å²) in [7, 11) is -3.62. The van der Waals surface area contributed by atoms with Gasteiger partial charge in [0.1, 0.15) is 5.75 Å². The van der Waals surface area contributed by atoms with E-state index in [9.17, 15) is 4.57 Å². The van der Waals surface area contributed by atoms with E-state index in [-0.39, 0.29) is 23.0 Å². The number of halogens is 2. The minimum absolute atomic E-state index is 0.189. The standard InChI is InChI=1S/C11H13Cl2O4P/c1-7-5-8(2)16-18(14,15-7)17-11-4-3-9(12)6-10(11)13/h3-4,6-8H,5H2,1-2H3. The second kappa shape index (κ2) is 5.40. The van der Waals surface area contributed by atoms with Gasteiger partial charge in [0.15, 0.2) is 0 Å². The van der Waals surface area contributed by atoms with Crippen molar-refractivity contribution in [2.24, 2.45) is 0 Å². The van der Waals surface area contributed by atoms with Crippen molar-refractivity contribution in [3.8, 4) is 5.75 Å². The Bertz CT molecular complexity index is 480. The van der Waals surface area contributed by atoms with Crippen LogP contribution in [0, 0.1) is 0 Å². The molecule has 0 aliphatic carbocycles. The number of phosphoric acid groups is 1. The average Bonchev–Trinajstić information content (AvgIpc) is 2.20. The van der Waals surface area contributed by atoms with Crippen molar-refractivity contribution in [1.82, 2.24) is 0 Å². The zero-order chi connectivity index (χ0) is 13.3. The maximum absolute atomic E-state index is 12.3. The van der Waals surface area contributed by atoms with Crippen molar-refractivity contribution in [2.45, 2.75) is 32.5 Å². The molecule has 2 unspecified atom stereocenters. The normalized spacial score (nSPS) is 32.2. The highest BCUT2D eigenvalue weighted by Crippen LogP contribution is 2.56. The third-order valence-electron chi connectivity index (χ3n) is 2.39. The fraction of sp³-hybridized carbons (Fsp3) is 0.455. The highest BCUT2D eigenvalue weighted by atomic mass is 35.5. The summed E-state index contributed by atoms with van der Waals surface area (Å²) < 4.78 is 28.1. The van der Waals surface area contributed by atoms with Gasteiger partial charge in [0, 0.05) is 11.4 Å². The van der Waals surface area contributed by atoms with Gasteiger partial charge >= 0.3 is 7.82 Å². The molecule has 1 fully saturated rings. The van der Waals surface area contributed by atoms with Gasteiger partial charge in [-0.3, -0.25) is 9.05 Å². The molecule has 1 aliphatic heterocycles. The summed E-state index contributed by atoms with van der Waals surface area (Å²) >= 11 is 11.7. The van der Waals surface area contributed by atoms with Crippen LogP contribution in [0.3, 0.4) is 0 Å². The van der Waals surface area contributed by atoms with Gasteiger partial charge in [-0.1, -0.05) is 23.2 Å². The smallest absolute Gasteiger partial charge is 0.402 e. The largest absolute Gasteiger partial charge is 0.530 e. The first kappa shape index (κ1) is 14.2. The summed E-state index contributed by atoms with van der Waals surface area (Å²) in [4.78, 5) is 0. The zero-order valence-corrected chi connectivity index (χ0v) is 12.3. The van der Waals surface area contributed by atoms with Crippen LogP contribution in [0.15, 0.2) is 18.2 Å². The molecule has 18 heavy (non-hydrogen) atoms. The van der Waals surface area contributed by atoms with E-state index in [4.69, 9.17) is 36.8 Å². The molecule has 0 N–H and O–H groups in total. The van der Waals surface area contributed by atoms with Gasteiger partial charge in [0.25, 0.3) is 0 Å². The van der Waals surface area contributed by atoms with Crippen molar-refractivity contribution in [3.05, 3.63) is 28.2 Å². The van der Waals surface area contributed by atoms with Gasteiger partial charge < -0.3 is 4.52 Å². The Labute approximate surface area is 116 Å². The number of rotatable bonds is 2. The molecule has 0 saturated carbocycles. The SMILES string of the molecule is CC1CC(C)OP(=O)(Oc2ccc(Cl)cc2Cl)O1. The van der Waals surface area contributed by atoms with E-state index in [0.29, 0.717) is 11.4 Å². The number of hydrogen-bond acceptors (Lipinski definition) is 4. The first-order valence-electron chi connectivity index (χ1n) is 5.49. The van der Waals surface area contributed by atoms with Crippen molar-refractivity contribution >= 4 is 31.0 Å². The Kier molecular flexibility index (Phi) is 4.25. The molecule has 1 saturated heterocycles. The van der Waals surface area contributed by atoms with Crippen molar-refractivity contribution in [1.29, 1.82) is 0 Å². The van der Waals surface area contributed by atoms with Crippen LogP contribution >= 0.6 is 31.0 Å². The van der Waals surface area contributed by atoms with Gasteiger partial charge in [-0.2, -0.15) is 0 Å². The summed E-state index contributed by atoms with van der Waals surface area (Å²) in [6.07, 6.45) is 0.290. The maximum Gasteiger partial charge on any atom is 0.530 e. The zero-order valence-electron chi connectivity index (χ0n) is 9.93. The van der Waals surface area contributed by atoms with E-state index >= 15 is 0 Å². The molecule has 1 aromatic carbocycles. The van der Waals surface area contributed by atoms with Gasteiger partial charge in [-0.05, 0) is 32.0 Å². The fourth-order valence-corrected chi connectivity index (χ4v) is 3.82. The van der Waals surface area contributed by atoms with E-state index in [1.165, 1.54) is 12.1 Å². The summed E-state index contributed by atoms with van der Waals surface area (Å²) in [6.45, 7) is 3.64. The first-order chi connectivity index (χ1) is 8.38. The van der Waals surface area contributed by atoms with Crippen LogP contribution in [0.1, 0.15) is 20.3 Å². The molecule has 0 amide bonds. The fourth-order valence-electron chi connectivity index (χ4n) is 1.73. The van der Waals surface area contributed by atoms with Crippen LogP contribution in [-0.4, -0.2) is 12.2 Å². The number of phosphoric ester groups is 1. The summed E-state index contributed by atoms with van der Waals surface area (Å²) in [6, 6.07) is 4.62. The van der Waals surface area contributed by atoms with E-state index in [2.05, 4.69) is 0 Å². The molecule has 2 rings (SSSR count). The lowest BCUT2D eigenvalue weighted by atomic mass is 10.2. The van der Waals surface area contributed by atoms with E-state index in [1.807, 2.05) is 13.8 Å². The predicted octanol–water partition coefficient (Wildman–Crippen LogP) is 4.69. The molecule has 0 spiro atoms. The Morgan fingerprint density at radius 2 is 1.89 bits per heavy atom. The minimum atomic E-state index is -3.62. The van der Waals surface area contributed by atoms with Crippen molar-refractivity contribution < 1.29 is 18.1 Å². The first-order valence-corrected chi connectivity index (χ1v) is 7.71. The summed E-state index contributed by atoms with van der Waals surface area (Å²) in [5.74, 6) is 0.228. The van der Waals surface area contributed by atoms with Crippen LogP contribution in [0.5, 0.6) is 5.75 Å². The molecule has 1 heterocycles.